The molecular formula is C12H15NO2. The van der Waals surface area contributed by atoms with E-state index in [4.69, 9.17) is 4.74 Å². The van der Waals surface area contributed by atoms with Crippen LogP contribution < -0.4 is 10.1 Å². The quantitative estimate of drug-likeness (QED) is 0.796. The zero-order chi connectivity index (χ0) is 10.8. The lowest BCUT2D eigenvalue weighted by Crippen LogP contribution is -2.13. The Labute approximate surface area is 89.4 Å². The van der Waals surface area contributed by atoms with Gasteiger partial charge in [0.05, 0.1) is 7.11 Å². The van der Waals surface area contributed by atoms with E-state index in [-0.39, 0.29) is 5.91 Å². The number of aryl methyl sites for hydroxylation is 1. The molecule has 3 heteroatoms. The van der Waals surface area contributed by atoms with Crippen molar-refractivity contribution < 1.29 is 9.53 Å². The molecule has 0 bridgehead atoms. The number of ether oxygens (including phenoxy) is 1. The summed E-state index contributed by atoms with van der Waals surface area (Å²) in [4.78, 5) is 11.1. The van der Waals surface area contributed by atoms with Gasteiger partial charge in [-0.3, -0.25) is 4.79 Å². The minimum absolute atomic E-state index is 0.138. The second-order valence-electron chi connectivity index (χ2n) is 3.93. The van der Waals surface area contributed by atoms with E-state index >= 15 is 0 Å². The Morgan fingerprint density at radius 1 is 1.47 bits per heavy atom. The Morgan fingerprint density at radius 3 is 2.87 bits per heavy atom. The first kappa shape index (κ1) is 10.0. The zero-order valence-electron chi connectivity index (χ0n) is 9.04. The van der Waals surface area contributed by atoms with Crippen LogP contribution in [0.2, 0.25) is 0 Å². The molecule has 80 valence electrons. The standard InChI is InChI=1S/C12H15NO2/c1-8-3-4-9(5-11(8)15-2)10-6-12(14)13-7-10/h3-5,10H,6-7H2,1-2H3,(H,13,14). The van der Waals surface area contributed by atoms with Gasteiger partial charge in [-0.1, -0.05) is 12.1 Å². The summed E-state index contributed by atoms with van der Waals surface area (Å²) in [5, 5.41) is 2.84. The van der Waals surface area contributed by atoms with Crippen LogP contribution in [0.5, 0.6) is 5.75 Å². The van der Waals surface area contributed by atoms with Crippen molar-refractivity contribution in [1.82, 2.24) is 5.32 Å². The first-order valence-corrected chi connectivity index (χ1v) is 5.12. The Morgan fingerprint density at radius 2 is 2.27 bits per heavy atom. The second kappa shape index (κ2) is 3.93. The topological polar surface area (TPSA) is 38.3 Å². The number of hydrogen-bond acceptors (Lipinski definition) is 2. The number of amides is 1. The highest BCUT2D eigenvalue weighted by atomic mass is 16.5. The Balaban J connectivity index is 2.25. The zero-order valence-corrected chi connectivity index (χ0v) is 9.04. The van der Waals surface area contributed by atoms with Crippen molar-refractivity contribution in [3.05, 3.63) is 29.3 Å². The minimum Gasteiger partial charge on any atom is -0.496 e. The summed E-state index contributed by atoms with van der Waals surface area (Å²) in [7, 11) is 1.67. The van der Waals surface area contributed by atoms with Crippen molar-refractivity contribution in [2.24, 2.45) is 0 Å². The van der Waals surface area contributed by atoms with E-state index < -0.39 is 0 Å². The summed E-state index contributed by atoms with van der Waals surface area (Å²) < 4.78 is 5.27. The van der Waals surface area contributed by atoms with E-state index in [0.29, 0.717) is 12.3 Å². The van der Waals surface area contributed by atoms with Crippen LogP contribution in [-0.4, -0.2) is 19.6 Å². The average molecular weight is 205 g/mol. The van der Waals surface area contributed by atoms with Gasteiger partial charge in [-0.05, 0) is 24.1 Å². The monoisotopic (exact) mass is 205 g/mol. The third-order valence-corrected chi connectivity index (χ3v) is 2.88. The third-order valence-electron chi connectivity index (χ3n) is 2.88. The fourth-order valence-electron chi connectivity index (χ4n) is 1.93. The van der Waals surface area contributed by atoms with Crippen molar-refractivity contribution in [2.45, 2.75) is 19.3 Å². The molecule has 1 N–H and O–H groups in total. The summed E-state index contributed by atoms with van der Waals surface area (Å²) in [5.41, 5.74) is 2.30. The van der Waals surface area contributed by atoms with Crippen LogP contribution in [-0.2, 0) is 4.79 Å². The Bertz CT molecular complexity index is 387. The fraction of sp³-hybridized carbons (Fsp3) is 0.417. The molecular weight excluding hydrogens is 190 g/mol. The third kappa shape index (κ3) is 1.96. The van der Waals surface area contributed by atoms with Crippen molar-refractivity contribution in [1.29, 1.82) is 0 Å². The molecule has 1 atom stereocenters. The van der Waals surface area contributed by atoms with E-state index in [1.165, 1.54) is 5.56 Å². The van der Waals surface area contributed by atoms with E-state index in [0.717, 1.165) is 17.9 Å². The van der Waals surface area contributed by atoms with Gasteiger partial charge in [0.15, 0.2) is 0 Å². The van der Waals surface area contributed by atoms with Crippen LogP contribution in [0.25, 0.3) is 0 Å². The maximum atomic E-state index is 11.1. The van der Waals surface area contributed by atoms with Gasteiger partial charge >= 0.3 is 0 Å². The lowest BCUT2D eigenvalue weighted by molar-refractivity contribution is -0.119. The molecule has 1 fully saturated rings. The van der Waals surface area contributed by atoms with Crippen LogP contribution in [0.4, 0.5) is 0 Å². The predicted molar refractivity (Wildman–Crippen MR) is 58.1 cm³/mol. The van der Waals surface area contributed by atoms with E-state index in [1.54, 1.807) is 7.11 Å². The molecule has 2 rings (SSSR count). The van der Waals surface area contributed by atoms with Crippen LogP contribution in [0.3, 0.4) is 0 Å². The number of benzene rings is 1. The molecule has 3 nitrogen and oxygen atoms in total. The number of carbonyl (C=O) groups is 1. The van der Waals surface area contributed by atoms with Gasteiger partial charge in [-0.15, -0.1) is 0 Å². The molecule has 1 aliphatic rings. The SMILES string of the molecule is COc1cc(C2CNC(=O)C2)ccc1C. The maximum absolute atomic E-state index is 11.1. The summed E-state index contributed by atoms with van der Waals surface area (Å²) in [5.74, 6) is 1.33. The van der Waals surface area contributed by atoms with Gasteiger partial charge in [0.25, 0.3) is 0 Å². The summed E-state index contributed by atoms with van der Waals surface area (Å²) in [6.07, 6.45) is 0.589. The van der Waals surface area contributed by atoms with E-state index in [1.807, 2.05) is 19.1 Å². The molecule has 1 unspecified atom stereocenters. The molecule has 0 aliphatic carbocycles. The molecule has 0 spiro atoms. The van der Waals surface area contributed by atoms with Crippen LogP contribution in [0.15, 0.2) is 18.2 Å². The average Bonchev–Trinajstić information content (AvgIpc) is 2.66. The van der Waals surface area contributed by atoms with Gasteiger partial charge < -0.3 is 10.1 Å². The highest BCUT2D eigenvalue weighted by molar-refractivity contribution is 5.79. The normalized spacial score (nSPS) is 20.1. The van der Waals surface area contributed by atoms with Crippen molar-refractivity contribution >= 4 is 5.91 Å². The summed E-state index contributed by atoms with van der Waals surface area (Å²) in [6, 6.07) is 6.14. The van der Waals surface area contributed by atoms with Gasteiger partial charge in [-0.25, -0.2) is 0 Å². The Kier molecular flexibility index (Phi) is 2.62. The summed E-state index contributed by atoms with van der Waals surface area (Å²) >= 11 is 0. The molecule has 15 heavy (non-hydrogen) atoms. The lowest BCUT2D eigenvalue weighted by atomic mass is 9.97. The molecule has 1 heterocycles. The first-order chi connectivity index (χ1) is 7.20. The molecule has 0 aromatic heterocycles. The smallest absolute Gasteiger partial charge is 0.220 e. The van der Waals surface area contributed by atoms with Crippen molar-refractivity contribution in [3.63, 3.8) is 0 Å². The second-order valence-corrected chi connectivity index (χ2v) is 3.93. The Hall–Kier alpha value is -1.51. The fourth-order valence-corrected chi connectivity index (χ4v) is 1.93. The molecule has 1 aromatic rings. The van der Waals surface area contributed by atoms with Crippen molar-refractivity contribution in [2.75, 3.05) is 13.7 Å². The lowest BCUT2D eigenvalue weighted by Gasteiger charge is -2.11. The maximum Gasteiger partial charge on any atom is 0.220 e. The highest BCUT2D eigenvalue weighted by Crippen LogP contribution is 2.28. The number of rotatable bonds is 2. The minimum atomic E-state index is 0.138. The van der Waals surface area contributed by atoms with Crippen LogP contribution >= 0.6 is 0 Å². The van der Waals surface area contributed by atoms with Gasteiger partial charge in [-0.2, -0.15) is 0 Å². The number of nitrogens with one attached hydrogen (secondary N) is 1. The highest BCUT2D eigenvalue weighted by Gasteiger charge is 2.23. The molecule has 1 amide bonds. The van der Waals surface area contributed by atoms with E-state index in [9.17, 15) is 4.79 Å². The molecule has 1 saturated heterocycles. The predicted octanol–water partition coefficient (Wildman–Crippen LogP) is 1.61. The first-order valence-electron chi connectivity index (χ1n) is 5.12. The number of hydrogen-bond donors (Lipinski definition) is 1. The number of methoxy groups -OCH3 is 1. The van der Waals surface area contributed by atoms with Crippen LogP contribution in [0, 0.1) is 6.92 Å². The van der Waals surface area contributed by atoms with Gasteiger partial charge in [0.1, 0.15) is 5.75 Å². The van der Waals surface area contributed by atoms with Gasteiger partial charge in [0.2, 0.25) is 5.91 Å². The van der Waals surface area contributed by atoms with E-state index in [2.05, 4.69) is 11.4 Å². The molecule has 1 aliphatic heterocycles. The van der Waals surface area contributed by atoms with Crippen LogP contribution in [0.1, 0.15) is 23.5 Å². The molecule has 1 aromatic carbocycles. The molecule has 0 radical (unpaired) electrons. The number of carbonyl (C=O) groups excluding carboxylic acids is 1. The van der Waals surface area contributed by atoms with Gasteiger partial charge in [0, 0.05) is 18.9 Å². The van der Waals surface area contributed by atoms with Crippen molar-refractivity contribution in [3.8, 4) is 5.75 Å². The summed E-state index contributed by atoms with van der Waals surface area (Å²) in [6.45, 7) is 2.76. The largest absolute Gasteiger partial charge is 0.496 e. The molecule has 0 saturated carbocycles.